The molecule has 1 N–H and O–H groups in total. The van der Waals surface area contributed by atoms with Crippen LogP contribution in [0.1, 0.15) is 24.8 Å². The second-order valence-corrected chi connectivity index (χ2v) is 8.97. The average molecular weight is 355 g/mol. The molecule has 0 bridgehead atoms. The first-order valence-electron chi connectivity index (χ1n) is 10.1. The Kier molecular flexibility index (Phi) is 4.07. The molecular formula is C21H29N3O2. The lowest BCUT2D eigenvalue weighted by Gasteiger charge is -2.61. The Morgan fingerprint density at radius 3 is 2.62 bits per heavy atom. The molecule has 2 unspecified atom stereocenters. The Morgan fingerprint density at radius 2 is 1.88 bits per heavy atom. The van der Waals surface area contributed by atoms with Crippen LogP contribution in [0.2, 0.25) is 0 Å². The Bertz CT molecular complexity index is 669. The molecule has 1 aromatic carbocycles. The van der Waals surface area contributed by atoms with Crippen molar-refractivity contribution in [3.8, 4) is 0 Å². The molecule has 140 valence electrons. The zero-order valence-electron chi connectivity index (χ0n) is 15.4. The number of rotatable bonds is 4. The molecule has 3 saturated heterocycles. The molecule has 1 aromatic rings. The zero-order valence-corrected chi connectivity index (χ0v) is 15.4. The summed E-state index contributed by atoms with van der Waals surface area (Å²) in [6, 6.07) is 10.4. The Labute approximate surface area is 155 Å². The lowest BCUT2D eigenvalue weighted by molar-refractivity contribution is -0.149. The fourth-order valence-electron chi connectivity index (χ4n) is 5.35. The van der Waals surface area contributed by atoms with Crippen LogP contribution < -0.4 is 0 Å². The Morgan fingerprint density at radius 1 is 1.12 bits per heavy atom. The number of aliphatic hydroxyl groups excluding tert-OH is 1. The maximum Gasteiger partial charge on any atom is 0.227 e. The summed E-state index contributed by atoms with van der Waals surface area (Å²) in [7, 11) is 0. The molecule has 5 nitrogen and oxygen atoms in total. The maximum absolute atomic E-state index is 13.0. The number of fused-ring (bicyclic) bond motifs is 2. The number of carbonyl (C=O) groups excluding carboxylic acids is 1. The number of β-amino-alcohol motifs (C(OH)–C–C–N with tert-alkyl or cyclic N) is 1. The molecule has 5 rings (SSSR count). The van der Waals surface area contributed by atoms with Crippen LogP contribution in [-0.2, 0) is 11.2 Å². The van der Waals surface area contributed by atoms with Gasteiger partial charge in [-0.05, 0) is 30.7 Å². The number of carbonyl (C=O) groups is 1. The van der Waals surface area contributed by atoms with Crippen LogP contribution >= 0.6 is 0 Å². The van der Waals surface area contributed by atoms with Crippen LogP contribution in [0.3, 0.4) is 0 Å². The van der Waals surface area contributed by atoms with Gasteiger partial charge in [-0.1, -0.05) is 30.3 Å². The van der Waals surface area contributed by atoms with E-state index >= 15 is 0 Å². The van der Waals surface area contributed by atoms with Gasteiger partial charge in [0.25, 0.3) is 0 Å². The zero-order chi connectivity index (χ0) is 17.7. The van der Waals surface area contributed by atoms with Gasteiger partial charge in [0.15, 0.2) is 0 Å². The highest BCUT2D eigenvalue weighted by molar-refractivity contribution is 5.79. The van der Waals surface area contributed by atoms with Gasteiger partial charge in [-0.25, -0.2) is 0 Å². The van der Waals surface area contributed by atoms with Crippen LogP contribution in [0.5, 0.6) is 0 Å². The number of hydrogen-bond acceptors (Lipinski definition) is 4. The SMILES string of the molecule is O=C(Cc1ccccc1)N1CC2CC(O)CN2C2(CN(CC3CC3)C2)C1. The van der Waals surface area contributed by atoms with Gasteiger partial charge < -0.3 is 10.0 Å². The van der Waals surface area contributed by atoms with Crippen molar-refractivity contribution in [1.29, 1.82) is 0 Å². The van der Waals surface area contributed by atoms with Gasteiger partial charge in [-0.2, -0.15) is 0 Å². The van der Waals surface area contributed by atoms with E-state index in [1.165, 1.54) is 19.4 Å². The van der Waals surface area contributed by atoms with Crippen molar-refractivity contribution < 1.29 is 9.90 Å². The number of piperazine rings is 1. The molecule has 0 radical (unpaired) electrons. The molecule has 4 aliphatic rings. The first kappa shape index (κ1) is 16.7. The summed E-state index contributed by atoms with van der Waals surface area (Å²) in [6.45, 7) is 5.71. The number of likely N-dealkylation sites (tertiary alicyclic amines) is 1. The predicted octanol–water partition coefficient (Wildman–Crippen LogP) is 0.971. The van der Waals surface area contributed by atoms with Crippen molar-refractivity contribution in [2.45, 2.75) is 43.4 Å². The Balaban J connectivity index is 1.29. The standard InChI is InChI=1S/C21H29N3O2/c25-19-9-18-11-23(20(26)8-16-4-2-1-3-5-16)15-21(24(18)12-19)13-22(14-21)10-17-6-7-17/h1-5,17-19,25H,6-15H2. The molecule has 4 fully saturated rings. The lowest BCUT2D eigenvalue weighted by atomic mass is 9.83. The quantitative estimate of drug-likeness (QED) is 0.874. The van der Waals surface area contributed by atoms with Crippen LogP contribution in [0, 0.1) is 5.92 Å². The summed E-state index contributed by atoms with van der Waals surface area (Å²) >= 11 is 0. The van der Waals surface area contributed by atoms with Crippen molar-refractivity contribution in [3.63, 3.8) is 0 Å². The molecule has 1 spiro atoms. The molecule has 3 aliphatic heterocycles. The molecular weight excluding hydrogens is 326 g/mol. The van der Waals surface area contributed by atoms with E-state index in [1.54, 1.807) is 0 Å². The molecule has 26 heavy (non-hydrogen) atoms. The van der Waals surface area contributed by atoms with Crippen molar-refractivity contribution in [3.05, 3.63) is 35.9 Å². The fraction of sp³-hybridized carbons (Fsp3) is 0.667. The summed E-state index contributed by atoms with van der Waals surface area (Å²) in [5, 5.41) is 10.2. The molecule has 3 heterocycles. The van der Waals surface area contributed by atoms with Crippen molar-refractivity contribution in [2.75, 3.05) is 39.3 Å². The predicted molar refractivity (Wildman–Crippen MR) is 99.7 cm³/mol. The van der Waals surface area contributed by atoms with Gasteiger partial charge in [-0.3, -0.25) is 14.6 Å². The van der Waals surface area contributed by atoms with E-state index in [4.69, 9.17) is 0 Å². The highest BCUT2D eigenvalue weighted by Gasteiger charge is 2.56. The molecule has 1 amide bonds. The molecule has 5 heteroatoms. The van der Waals surface area contributed by atoms with Gasteiger partial charge >= 0.3 is 0 Å². The molecule has 0 aromatic heterocycles. The lowest BCUT2D eigenvalue weighted by Crippen LogP contribution is -2.78. The number of amides is 1. The highest BCUT2D eigenvalue weighted by Crippen LogP contribution is 2.41. The number of aliphatic hydroxyl groups is 1. The summed E-state index contributed by atoms with van der Waals surface area (Å²) in [5.41, 5.74) is 1.16. The average Bonchev–Trinajstić information content (AvgIpc) is 3.33. The van der Waals surface area contributed by atoms with E-state index in [-0.39, 0.29) is 17.6 Å². The topological polar surface area (TPSA) is 47.0 Å². The molecule has 1 saturated carbocycles. The fourth-order valence-corrected chi connectivity index (χ4v) is 5.35. The van der Waals surface area contributed by atoms with Crippen LogP contribution in [0.15, 0.2) is 30.3 Å². The van der Waals surface area contributed by atoms with Gasteiger partial charge in [0.05, 0.1) is 18.1 Å². The maximum atomic E-state index is 13.0. The van der Waals surface area contributed by atoms with Crippen molar-refractivity contribution in [2.24, 2.45) is 5.92 Å². The van der Waals surface area contributed by atoms with Gasteiger partial charge in [0.2, 0.25) is 5.91 Å². The molecule has 2 atom stereocenters. The largest absolute Gasteiger partial charge is 0.392 e. The third kappa shape index (κ3) is 3.06. The summed E-state index contributed by atoms with van der Waals surface area (Å²) in [5.74, 6) is 1.14. The number of nitrogens with zero attached hydrogens (tertiary/aromatic N) is 3. The second kappa shape index (κ2) is 6.32. The Hall–Kier alpha value is -1.43. The highest BCUT2D eigenvalue weighted by atomic mass is 16.3. The van der Waals surface area contributed by atoms with Crippen molar-refractivity contribution >= 4 is 5.91 Å². The molecule has 1 aliphatic carbocycles. The number of benzene rings is 1. The monoisotopic (exact) mass is 355 g/mol. The van der Waals surface area contributed by atoms with E-state index < -0.39 is 0 Å². The minimum atomic E-state index is -0.237. The van der Waals surface area contributed by atoms with E-state index in [0.29, 0.717) is 12.5 Å². The third-order valence-corrected chi connectivity index (χ3v) is 6.72. The van der Waals surface area contributed by atoms with Crippen LogP contribution in [0.25, 0.3) is 0 Å². The minimum Gasteiger partial charge on any atom is -0.392 e. The van der Waals surface area contributed by atoms with Gasteiger partial charge in [-0.15, -0.1) is 0 Å². The summed E-state index contributed by atoms with van der Waals surface area (Å²) < 4.78 is 0. The van der Waals surface area contributed by atoms with Crippen LogP contribution in [-0.4, -0.2) is 82.7 Å². The summed E-state index contributed by atoms with van der Waals surface area (Å²) in [6.07, 6.45) is 3.82. The van der Waals surface area contributed by atoms with E-state index in [0.717, 1.165) is 50.6 Å². The van der Waals surface area contributed by atoms with Crippen LogP contribution in [0.4, 0.5) is 0 Å². The van der Waals surface area contributed by atoms with Crippen molar-refractivity contribution in [1.82, 2.24) is 14.7 Å². The minimum absolute atomic E-state index is 0.0711. The third-order valence-electron chi connectivity index (χ3n) is 6.72. The van der Waals surface area contributed by atoms with Gasteiger partial charge in [0, 0.05) is 45.3 Å². The van der Waals surface area contributed by atoms with E-state index in [2.05, 4.69) is 14.7 Å². The first-order valence-corrected chi connectivity index (χ1v) is 10.1. The first-order chi connectivity index (χ1) is 12.6. The number of hydrogen-bond donors (Lipinski definition) is 1. The smallest absolute Gasteiger partial charge is 0.227 e. The van der Waals surface area contributed by atoms with E-state index in [9.17, 15) is 9.90 Å². The van der Waals surface area contributed by atoms with E-state index in [1.807, 2.05) is 30.3 Å². The van der Waals surface area contributed by atoms with Gasteiger partial charge in [0.1, 0.15) is 0 Å². The second-order valence-electron chi connectivity index (χ2n) is 8.97. The summed E-state index contributed by atoms with van der Waals surface area (Å²) in [4.78, 5) is 20.1. The normalized spacial score (nSPS) is 31.0.